The van der Waals surface area contributed by atoms with Crippen molar-refractivity contribution in [3.8, 4) is 0 Å². The number of hydroxylamine groups is 2. The van der Waals surface area contributed by atoms with Gasteiger partial charge in [-0.3, -0.25) is 0 Å². The number of rotatable bonds is 13. The van der Waals surface area contributed by atoms with Gasteiger partial charge in [0.15, 0.2) is 0 Å². The van der Waals surface area contributed by atoms with E-state index in [9.17, 15) is 0 Å². The van der Waals surface area contributed by atoms with Gasteiger partial charge in [-0.1, -0.05) is 55.4 Å². The minimum Gasteiger partial charge on any atom is -0.393 e. The molecule has 0 aliphatic heterocycles. The van der Waals surface area contributed by atoms with Gasteiger partial charge in [-0.2, -0.15) is 16.8 Å². The van der Waals surface area contributed by atoms with Crippen molar-refractivity contribution >= 4 is 23.5 Å². The molecule has 0 amide bonds. The summed E-state index contributed by atoms with van der Waals surface area (Å²) < 4.78 is 5.91. The molecule has 0 saturated heterocycles. The van der Waals surface area contributed by atoms with Crippen LogP contribution in [0, 0.1) is 11.3 Å². The number of thioether (sulfide) groups is 2. The highest BCUT2D eigenvalue weighted by Crippen LogP contribution is 2.45. The minimum atomic E-state index is -0.431. The van der Waals surface area contributed by atoms with Gasteiger partial charge in [0.2, 0.25) is 0 Å². The second-order valence-electron chi connectivity index (χ2n) is 10.4. The van der Waals surface area contributed by atoms with E-state index in [1.165, 1.54) is 0 Å². The van der Waals surface area contributed by atoms with Gasteiger partial charge in [0, 0.05) is 23.1 Å². The quantitative estimate of drug-likeness (QED) is 0.200. The topological polar surface area (TPSA) is 41.9 Å². The van der Waals surface area contributed by atoms with Crippen molar-refractivity contribution in [2.45, 2.75) is 105 Å². The molecule has 0 spiro atoms. The Morgan fingerprint density at radius 3 is 1.76 bits per heavy atom. The molecule has 0 saturated carbocycles. The number of aliphatic hydroxyl groups excluding tert-OH is 1. The van der Waals surface area contributed by atoms with Crippen LogP contribution in [0.25, 0.3) is 0 Å². The maximum Gasteiger partial charge on any atom is 0.0929 e. The first-order chi connectivity index (χ1) is 13.0. The van der Waals surface area contributed by atoms with Gasteiger partial charge in [0.25, 0.3) is 0 Å². The summed E-state index contributed by atoms with van der Waals surface area (Å²) in [6.07, 6.45) is 0. The lowest BCUT2D eigenvalue weighted by Gasteiger charge is -2.42. The summed E-state index contributed by atoms with van der Waals surface area (Å²) in [6.45, 7) is 27.4. The van der Waals surface area contributed by atoms with E-state index in [0.717, 1.165) is 12.3 Å². The molecule has 0 aromatic rings. The van der Waals surface area contributed by atoms with Gasteiger partial charge in [0.05, 0.1) is 25.3 Å². The molecule has 0 radical (unpaired) electrons. The largest absolute Gasteiger partial charge is 0.393 e. The molecule has 6 heteroatoms. The molecule has 0 aliphatic rings. The molecule has 0 rings (SSSR count). The number of aliphatic hydroxyl groups is 1. The third kappa shape index (κ3) is 15.1. The molecular weight excluding hydrogens is 402 g/mol. The number of ether oxygens (including phenoxy) is 1. The summed E-state index contributed by atoms with van der Waals surface area (Å²) in [6, 6.07) is 0.479. The fraction of sp³-hybridized carbons (Fsp3) is 1.00. The van der Waals surface area contributed by atoms with E-state index in [1.807, 2.05) is 42.4 Å². The summed E-state index contributed by atoms with van der Waals surface area (Å²) in [5, 5.41) is 11.8. The zero-order valence-electron chi connectivity index (χ0n) is 21.6. The van der Waals surface area contributed by atoms with Crippen LogP contribution in [-0.2, 0) is 9.57 Å². The van der Waals surface area contributed by atoms with Gasteiger partial charge in [-0.25, -0.2) is 0 Å². The Morgan fingerprint density at radius 1 is 0.931 bits per heavy atom. The van der Waals surface area contributed by atoms with E-state index in [0.29, 0.717) is 23.1 Å². The first-order valence-corrected chi connectivity index (χ1v) is 12.9. The van der Waals surface area contributed by atoms with Gasteiger partial charge < -0.3 is 14.7 Å². The highest BCUT2D eigenvalue weighted by atomic mass is 32.2. The summed E-state index contributed by atoms with van der Waals surface area (Å²) in [7, 11) is 1.72. The zero-order chi connectivity index (χ0) is 23.5. The fourth-order valence-electron chi connectivity index (χ4n) is 2.32. The molecule has 0 aromatic carbocycles. The Balaban J connectivity index is 0. The molecule has 0 bridgehead atoms. The molecule has 0 aliphatic carbocycles. The number of nitrogens with zero attached hydrogens (tertiary/aromatic N) is 1. The molecule has 0 unspecified atom stereocenters. The smallest absolute Gasteiger partial charge is 0.0929 e. The van der Waals surface area contributed by atoms with Crippen LogP contribution in [0.4, 0.5) is 0 Å². The van der Waals surface area contributed by atoms with Crippen LogP contribution in [0.1, 0.15) is 83.1 Å². The molecule has 29 heavy (non-hydrogen) atoms. The average molecular weight is 454 g/mol. The Bertz CT molecular complexity index is 411. The van der Waals surface area contributed by atoms with Crippen LogP contribution >= 0.6 is 23.5 Å². The predicted octanol–water partition coefficient (Wildman–Crippen LogP) is 6.33. The van der Waals surface area contributed by atoms with Crippen LogP contribution in [0.2, 0.25) is 0 Å². The second kappa shape index (κ2) is 14.6. The van der Waals surface area contributed by atoms with E-state index in [1.54, 1.807) is 7.11 Å². The first kappa shape index (κ1) is 31.7. The van der Waals surface area contributed by atoms with Crippen molar-refractivity contribution in [1.82, 2.24) is 5.06 Å². The van der Waals surface area contributed by atoms with Crippen LogP contribution in [0.3, 0.4) is 0 Å². The molecule has 1 N–H and O–H groups in total. The SMILES string of the molecule is CC(C)SC(C)(C)C(C)(C)CSCOC(C)(C)CO.CON(CC(C)C)C(C)C. The van der Waals surface area contributed by atoms with Gasteiger partial charge in [0.1, 0.15) is 0 Å². The van der Waals surface area contributed by atoms with E-state index < -0.39 is 5.60 Å². The Hall–Kier alpha value is 0.540. The third-order valence-corrected chi connectivity index (χ3v) is 7.72. The summed E-state index contributed by atoms with van der Waals surface area (Å²) >= 11 is 3.85. The predicted molar refractivity (Wildman–Crippen MR) is 134 cm³/mol. The Morgan fingerprint density at radius 2 is 1.45 bits per heavy atom. The molecule has 4 nitrogen and oxygen atoms in total. The monoisotopic (exact) mass is 453 g/mol. The molecule has 178 valence electrons. The van der Waals surface area contributed by atoms with Crippen LogP contribution < -0.4 is 0 Å². The van der Waals surface area contributed by atoms with Crippen molar-refractivity contribution in [2.75, 3.05) is 32.0 Å². The summed E-state index contributed by atoms with van der Waals surface area (Å²) in [4.78, 5) is 5.16. The van der Waals surface area contributed by atoms with E-state index >= 15 is 0 Å². The molecular formula is C23H51NO3S2. The summed E-state index contributed by atoms with van der Waals surface area (Å²) in [5.41, 5.74) is -0.196. The van der Waals surface area contributed by atoms with E-state index in [2.05, 4.69) is 69.2 Å². The van der Waals surface area contributed by atoms with Crippen molar-refractivity contribution in [2.24, 2.45) is 11.3 Å². The second-order valence-corrected chi connectivity index (χ2v) is 13.5. The molecule has 0 aromatic heterocycles. The minimum absolute atomic E-state index is 0.0612. The van der Waals surface area contributed by atoms with Gasteiger partial charge >= 0.3 is 0 Å². The number of hydrogen-bond acceptors (Lipinski definition) is 6. The van der Waals surface area contributed by atoms with Crippen LogP contribution in [-0.4, -0.2) is 63.8 Å². The lowest BCUT2D eigenvalue weighted by molar-refractivity contribution is -0.159. The highest BCUT2D eigenvalue weighted by Gasteiger charge is 2.38. The van der Waals surface area contributed by atoms with Gasteiger partial charge in [-0.05, 0) is 44.3 Å². The van der Waals surface area contributed by atoms with Gasteiger partial charge in [-0.15, -0.1) is 11.8 Å². The lowest BCUT2D eigenvalue weighted by atomic mass is 9.82. The molecule has 0 atom stereocenters. The lowest BCUT2D eigenvalue weighted by Crippen LogP contribution is -2.39. The standard InChI is InChI=1S/C15H32O2S2.C8H19NO/c1-12(2)19-15(7,8)13(3,4)10-18-11-17-14(5,6)9-16;1-7(2)6-9(10-5)8(3)4/h12,16H,9-11H2,1-8H3;7-8H,6H2,1-5H3. The third-order valence-electron chi connectivity index (χ3n) is 4.89. The van der Waals surface area contributed by atoms with E-state index in [-0.39, 0.29) is 16.8 Å². The van der Waals surface area contributed by atoms with Crippen LogP contribution in [0.5, 0.6) is 0 Å². The normalized spacial score (nSPS) is 13.4. The fourth-order valence-corrected chi connectivity index (χ4v) is 5.34. The van der Waals surface area contributed by atoms with Crippen molar-refractivity contribution in [1.29, 1.82) is 0 Å². The Labute approximate surface area is 191 Å². The number of hydrogen-bond donors (Lipinski definition) is 1. The van der Waals surface area contributed by atoms with E-state index in [4.69, 9.17) is 14.7 Å². The van der Waals surface area contributed by atoms with Crippen LogP contribution in [0.15, 0.2) is 0 Å². The highest BCUT2D eigenvalue weighted by molar-refractivity contribution is 8.01. The molecule has 0 heterocycles. The average Bonchev–Trinajstić information content (AvgIpc) is 2.55. The Kier molecular flexibility index (Phi) is 15.9. The first-order valence-electron chi connectivity index (χ1n) is 10.8. The molecule has 0 fully saturated rings. The maximum absolute atomic E-state index is 9.14. The van der Waals surface area contributed by atoms with Crippen molar-refractivity contribution < 1.29 is 14.7 Å². The van der Waals surface area contributed by atoms with Crippen molar-refractivity contribution in [3.63, 3.8) is 0 Å². The maximum atomic E-state index is 9.14. The summed E-state index contributed by atoms with van der Waals surface area (Å²) in [5.74, 6) is 2.36. The zero-order valence-corrected chi connectivity index (χ0v) is 23.2. The van der Waals surface area contributed by atoms with Crippen molar-refractivity contribution in [3.05, 3.63) is 0 Å².